The lowest BCUT2D eigenvalue weighted by Gasteiger charge is -2.20. The van der Waals surface area contributed by atoms with E-state index < -0.39 is 23.9 Å². The molecule has 0 bridgehead atoms. The normalized spacial score (nSPS) is 11.5. The predicted octanol–water partition coefficient (Wildman–Crippen LogP) is 22.8. The molecule has 0 spiro atoms. The van der Waals surface area contributed by atoms with Crippen molar-refractivity contribution in [3.8, 4) is 0 Å². The van der Waals surface area contributed by atoms with Gasteiger partial charge >= 0.3 is 89.5 Å². The molecule has 0 aromatic heterocycles. The minimum Gasteiger partial charge on any atom is -0.481 e. The number of carbonyl (C=O) groups is 15. The summed E-state index contributed by atoms with van der Waals surface area (Å²) in [5.74, 6) is -5.31. The monoisotopic (exact) mass is 1940 g/mol. The number of benzene rings is 3. The highest BCUT2D eigenvalue weighted by atomic mass is 16.6. The van der Waals surface area contributed by atoms with Gasteiger partial charge in [-0.3, -0.25) is 71.9 Å². The number of aliphatic carboxylic acids is 4. The zero-order valence-electron chi connectivity index (χ0n) is 86.2. The molecule has 137 heavy (non-hydrogen) atoms. The van der Waals surface area contributed by atoms with Gasteiger partial charge < -0.3 is 72.5 Å². The molecule has 30 nitrogen and oxygen atoms in total. The molecular formula is C107H174O30. The highest BCUT2D eigenvalue weighted by molar-refractivity contribution is 5.78. The number of carboxylic acids is 4. The Morgan fingerprint density at radius 1 is 0.226 bits per heavy atom. The third kappa shape index (κ3) is 83.6. The molecular weight excluding hydrogens is 1770 g/mol. The second-order valence-corrected chi connectivity index (χ2v) is 35.7. The van der Waals surface area contributed by atoms with E-state index in [2.05, 4.69) is 0 Å². The summed E-state index contributed by atoms with van der Waals surface area (Å²) in [5, 5.41) is 33.9. The van der Waals surface area contributed by atoms with Crippen LogP contribution in [-0.4, -0.2) is 163 Å². The van der Waals surface area contributed by atoms with E-state index in [0.29, 0.717) is 150 Å². The van der Waals surface area contributed by atoms with Crippen LogP contribution in [0.1, 0.15) is 385 Å². The van der Waals surface area contributed by atoms with Crippen molar-refractivity contribution in [2.45, 2.75) is 388 Å². The van der Waals surface area contributed by atoms with Crippen molar-refractivity contribution in [2.75, 3.05) is 52.9 Å². The maximum atomic E-state index is 11.6. The number of hydrogen-bond donors (Lipinski definition) is 4. The molecule has 3 aromatic rings. The van der Waals surface area contributed by atoms with E-state index in [1.807, 2.05) is 209 Å². The van der Waals surface area contributed by atoms with Gasteiger partial charge in [-0.25, -0.2) is 0 Å². The lowest BCUT2D eigenvalue weighted by molar-refractivity contribution is -0.156. The first-order valence-corrected chi connectivity index (χ1v) is 49.9. The summed E-state index contributed by atoms with van der Waals surface area (Å²) >= 11 is 0. The number of ether oxygens (including phenoxy) is 11. The highest BCUT2D eigenvalue weighted by Gasteiger charge is 2.29. The molecule has 4 N–H and O–H groups in total. The minimum atomic E-state index is -0.795. The maximum absolute atomic E-state index is 11.6. The van der Waals surface area contributed by atoms with Gasteiger partial charge in [-0.1, -0.05) is 167 Å². The Hall–Kier alpha value is -10.3. The molecule has 0 aliphatic carbocycles. The summed E-state index contributed by atoms with van der Waals surface area (Å²) in [7, 11) is 0. The fraction of sp³-hybridized carbons (Fsp3) is 0.692. The summed E-state index contributed by atoms with van der Waals surface area (Å²) in [5.41, 5.74) is 1.94. The van der Waals surface area contributed by atoms with Crippen LogP contribution in [0.4, 0.5) is 0 Å². The van der Waals surface area contributed by atoms with E-state index in [4.69, 9.17) is 72.5 Å². The van der Waals surface area contributed by atoms with Crippen LogP contribution in [0.3, 0.4) is 0 Å². The summed E-state index contributed by atoms with van der Waals surface area (Å²) in [4.78, 5) is 168. The Morgan fingerprint density at radius 2 is 0.387 bits per heavy atom. The van der Waals surface area contributed by atoms with Gasteiger partial charge in [0, 0.05) is 51.4 Å². The molecule has 0 aliphatic heterocycles. The van der Waals surface area contributed by atoms with E-state index >= 15 is 0 Å². The number of carboxylic acid groups (broad SMARTS) is 4. The topological polar surface area (TPSA) is 439 Å². The van der Waals surface area contributed by atoms with Gasteiger partial charge in [0.15, 0.2) is 0 Å². The largest absolute Gasteiger partial charge is 0.481 e. The van der Waals surface area contributed by atoms with Crippen molar-refractivity contribution in [3.05, 3.63) is 108 Å². The summed E-state index contributed by atoms with van der Waals surface area (Å²) in [6, 6.07) is 29.2. The number of hydrogen-bond acceptors (Lipinski definition) is 26. The number of esters is 11. The second kappa shape index (κ2) is 87.2. The van der Waals surface area contributed by atoms with E-state index in [-0.39, 0.29) is 131 Å². The van der Waals surface area contributed by atoms with Crippen molar-refractivity contribution in [1.29, 1.82) is 0 Å². The lowest BCUT2D eigenvalue weighted by atomic mass is 9.91. The fourth-order valence-corrected chi connectivity index (χ4v) is 10.6. The van der Waals surface area contributed by atoms with Crippen molar-refractivity contribution in [2.24, 2.45) is 39.9 Å². The first-order valence-electron chi connectivity index (χ1n) is 49.9. The van der Waals surface area contributed by atoms with Crippen molar-refractivity contribution < 1.29 is 144 Å². The summed E-state index contributed by atoms with van der Waals surface area (Å²) in [6.07, 6.45) is 25.1. The lowest BCUT2D eigenvalue weighted by Crippen LogP contribution is -2.25. The molecule has 0 saturated carbocycles. The van der Waals surface area contributed by atoms with Crippen LogP contribution in [0.15, 0.2) is 91.0 Å². The van der Waals surface area contributed by atoms with Gasteiger partial charge in [-0.15, -0.1) is 0 Å². The van der Waals surface area contributed by atoms with Crippen molar-refractivity contribution >= 4 is 89.5 Å². The molecule has 4 unspecified atom stereocenters. The minimum absolute atomic E-state index is 0.0551. The Kier molecular flexibility index (Phi) is 84.7. The zero-order valence-corrected chi connectivity index (χ0v) is 86.2. The third-order valence-electron chi connectivity index (χ3n) is 22.3. The zero-order chi connectivity index (χ0) is 104. The van der Waals surface area contributed by atoms with E-state index in [1.54, 1.807) is 0 Å². The average Bonchev–Trinajstić information content (AvgIpc) is 0.893. The van der Waals surface area contributed by atoms with E-state index in [1.165, 1.54) is 0 Å². The Morgan fingerprint density at radius 3 is 0.540 bits per heavy atom. The van der Waals surface area contributed by atoms with Crippen molar-refractivity contribution in [1.82, 2.24) is 0 Å². The molecule has 3 aromatic carbocycles. The van der Waals surface area contributed by atoms with E-state index in [9.17, 15) is 71.9 Å². The highest BCUT2D eigenvalue weighted by Crippen LogP contribution is 2.25. The molecule has 782 valence electrons. The molecule has 0 fully saturated rings. The van der Waals surface area contributed by atoms with Crippen molar-refractivity contribution in [3.63, 3.8) is 0 Å². The molecule has 30 heteroatoms. The van der Waals surface area contributed by atoms with Crippen LogP contribution >= 0.6 is 0 Å². The van der Waals surface area contributed by atoms with Gasteiger partial charge in [0.2, 0.25) is 0 Å². The number of carbonyl (C=O) groups excluding carboxylic acids is 11. The smallest absolute Gasteiger partial charge is 0.311 e. The number of rotatable bonds is 68. The molecule has 0 amide bonds. The molecule has 0 heterocycles. The van der Waals surface area contributed by atoms with Crippen LogP contribution < -0.4 is 0 Å². The Bertz CT molecular complexity index is 3260. The maximum Gasteiger partial charge on any atom is 0.311 e. The fourth-order valence-electron chi connectivity index (χ4n) is 10.6. The summed E-state index contributed by atoms with van der Waals surface area (Å²) < 4.78 is 56.5. The first kappa shape index (κ1) is 133. The molecule has 0 radical (unpaired) electrons. The van der Waals surface area contributed by atoms with Crippen LogP contribution in [0.2, 0.25) is 0 Å². The Balaban J connectivity index is -0.000000759. The van der Waals surface area contributed by atoms with Crippen LogP contribution in [0, 0.1) is 39.9 Å². The first-order chi connectivity index (χ1) is 65.1. The molecule has 0 aliphatic rings. The van der Waals surface area contributed by atoms with Crippen LogP contribution in [0.5, 0.6) is 0 Å². The molecule has 4 atom stereocenters. The van der Waals surface area contributed by atoms with Gasteiger partial charge in [0.25, 0.3) is 0 Å². The van der Waals surface area contributed by atoms with E-state index in [0.717, 1.165) is 164 Å². The Labute approximate surface area is 818 Å². The van der Waals surface area contributed by atoms with Gasteiger partial charge in [-0.05, 0) is 257 Å². The average molecular weight is 1940 g/mol. The molecule has 3 rings (SSSR count). The van der Waals surface area contributed by atoms with Gasteiger partial charge in [-0.2, -0.15) is 0 Å². The molecule has 0 saturated heterocycles. The van der Waals surface area contributed by atoms with Crippen LogP contribution in [-0.2, 0) is 144 Å². The number of unbranched alkanes of at least 4 members (excludes halogenated alkanes) is 16. The van der Waals surface area contributed by atoms with Gasteiger partial charge in [0.1, 0.15) is 19.8 Å². The third-order valence-corrected chi connectivity index (χ3v) is 22.3. The predicted molar refractivity (Wildman–Crippen MR) is 525 cm³/mol. The summed E-state index contributed by atoms with van der Waals surface area (Å²) in [6.45, 7) is 36.7. The quantitative estimate of drug-likeness (QED) is 0.0232. The standard InChI is InChI=1S/4C17H30O6.3C13H18O2/c4*1-3-14(2)17(21)23-13-9-5-7-11-16(20)22-12-8-4-6-10-15(18)19;3*1-4-13(2,3)12(14)15-10-11-8-6-5-7-9-11/h4*14H,3-13H2,1-2H3,(H,18,19);3*5-9H,4,10H2,1-3H3. The van der Waals surface area contributed by atoms with Crippen LogP contribution in [0.25, 0.3) is 0 Å². The second-order valence-electron chi connectivity index (χ2n) is 35.7. The SMILES string of the molecule is CCC(C)(C)C(=O)OCc1ccccc1.CCC(C)(C)C(=O)OCc1ccccc1.CCC(C)(C)C(=O)OCc1ccccc1.CCC(C)C(=O)OCCCCCC(=O)OCCCCCC(=O)O.CCC(C)C(=O)OCCCCCC(=O)OCCCCCC(=O)O.CCC(C)C(=O)OCCCCCC(=O)OCCCCCC(=O)O.CCC(C)C(=O)OCCCCCC(=O)OCCCCCC(=O)O. The van der Waals surface area contributed by atoms with Gasteiger partial charge in [0.05, 0.1) is 92.8 Å².